The maximum absolute atomic E-state index is 12.3. The molecule has 2 unspecified atom stereocenters. The standard InChI is InChI=1S/C17H28O2Si/c1-17(2,3)20(4,5)19-14-9-8-13(18)15-11-6-7-12(10-11)16(14)15/h6-7,11-12,14-16H,8-10H2,1-5H3/t11-,12+,14-,15?,16?/m0/s1. The van der Waals surface area contributed by atoms with Crippen LogP contribution in [0.15, 0.2) is 12.2 Å². The number of allylic oxidation sites excluding steroid dienone is 2. The lowest BCUT2D eigenvalue weighted by molar-refractivity contribution is -0.131. The smallest absolute Gasteiger partial charge is 0.192 e. The Balaban J connectivity index is 1.81. The van der Waals surface area contributed by atoms with Gasteiger partial charge in [-0.05, 0) is 42.8 Å². The fourth-order valence-corrected chi connectivity index (χ4v) is 5.54. The Morgan fingerprint density at radius 1 is 1.20 bits per heavy atom. The first-order valence-corrected chi connectivity index (χ1v) is 11.0. The highest BCUT2D eigenvalue weighted by molar-refractivity contribution is 6.74. The van der Waals surface area contributed by atoms with E-state index in [0.29, 0.717) is 29.6 Å². The number of ketones is 1. The Kier molecular flexibility index (Phi) is 3.30. The Morgan fingerprint density at radius 3 is 2.50 bits per heavy atom. The van der Waals surface area contributed by atoms with Gasteiger partial charge < -0.3 is 4.43 Å². The average Bonchev–Trinajstić information content (AvgIpc) is 2.92. The van der Waals surface area contributed by atoms with Crippen molar-refractivity contribution < 1.29 is 9.22 Å². The summed E-state index contributed by atoms with van der Waals surface area (Å²) in [5.74, 6) is 2.36. The molecule has 3 aliphatic carbocycles. The van der Waals surface area contributed by atoms with Crippen molar-refractivity contribution in [3.05, 3.63) is 12.2 Å². The molecule has 2 saturated carbocycles. The normalized spacial score (nSPS) is 40.2. The molecule has 0 aromatic heterocycles. The van der Waals surface area contributed by atoms with Gasteiger partial charge in [-0.25, -0.2) is 0 Å². The minimum atomic E-state index is -1.74. The molecule has 0 radical (unpaired) electrons. The van der Waals surface area contributed by atoms with E-state index in [9.17, 15) is 4.79 Å². The van der Waals surface area contributed by atoms with Gasteiger partial charge in [0.1, 0.15) is 5.78 Å². The van der Waals surface area contributed by atoms with Crippen LogP contribution >= 0.6 is 0 Å². The zero-order valence-electron chi connectivity index (χ0n) is 13.5. The van der Waals surface area contributed by atoms with Crippen LogP contribution in [0.25, 0.3) is 0 Å². The number of hydrogen-bond donors (Lipinski definition) is 0. The molecule has 3 heteroatoms. The van der Waals surface area contributed by atoms with Crippen LogP contribution in [-0.2, 0) is 9.22 Å². The molecule has 2 fully saturated rings. The second-order valence-electron chi connectivity index (χ2n) is 8.47. The van der Waals surface area contributed by atoms with E-state index < -0.39 is 8.32 Å². The largest absolute Gasteiger partial charge is 0.414 e. The number of rotatable bonds is 2. The monoisotopic (exact) mass is 292 g/mol. The van der Waals surface area contributed by atoms with E-state index in [2.05, 4.69) is 46.0 Å². The molecule has 0 amide bonds. The SMILES string of the molecule is CC(C)(C)[Si](C)(C)O[C@H]1CCC(=O)C2C1[C@@H]1C=C[C@H]2C1. The second kappa shape index (κ2) is 4.54. The van der Waals surface area contributed by atoms with Crippen molar-refractivity contribution in [3.63, 3.8) is 0 Å². The van der Waals surface area contributed by atoms with Crippen LogP contribution in [0.1, 0.15) is 40.0 Å². The van der Waals surface area contributed by atoms with Gasteiger partial charge >= 0.3 is 0 Å². The zero-order valence-corrected chi connectivity index (χ0v) is 14.5. The summed E-state index contributed by atoms with van der Waals surface area (Å²) in [5, 5.41) is 0.247. The van der Waals surface area contributed by atoms with Gasteiger partial charge in [0, 0.05) is 24.4 Å². The zero-order chi connectivity index (χ0) is 14.7. The van der Waals surface area contributed by atoms with Crippen LogP contribution in [-0.4, -0.2) is 20.2 Å². The van der Waals surface area contributed by atoms with Crippen molar-refractivity contribution in [2.45, 2.75) is 64.3 Å². The molecule has 0 heterocycles. The van der Waals surface area contributed by atoms with Crippen LogP contribution in [0, 0.1) is 23.7 Å². The summed E-state index contributed by atoms with van der Waals surface area (Å²) >= 11 is 0. The van der Waals surface area contributed by atoms with Gasteiger partial charge in [-0.3, -0.25) is 4.79 Å². The Hall–Kier alpha value is -0.413. The van der Waals surface area contributed by atoms with Gasteiger partial charge in [-0.15, -0.1) is 0 Å². The summed E-state index contributed by atoms with van der Waals surface area (Å²) < 4.78 is 6.71. The van der Waals surface area contributed by atoms with Gasteiger partial charge in [-0.2, -0.15) is 0 Å². The minimum absolute atomic E-state index is 0.247. The van der Waals surface area contributed by atoms with E-state index in [1.54, 1.807) is 0 Å². The molecule has 2 nitrogen and oxygen atoms in total. The number of hydrogen-bond acceptors (Lipinski definition) is 2. The highest BCUT2D eigenvalue weighted by Gasteiger charge is 2.54. The quantitative estimate of drug-likeness (QED) is 0.564. The van der Waals surface area contributed by atoms with Crippen molar-refractivity contribution in [1.82, 2.24) is 0 Å². The molecule has 0 aliphatic heterocycles. The van der Waals surface area contributed by atoms with Crippen molar-refractivity contribution in [2.75, 3.05) is 0 Å². The van der Waals surface area contributed by atoms with E-state index in [4.69, 9.17) is 4.43 Å². The molecular formula is C17H28O2Si. The number of carbonyl (C=O) groups is 1. The third-order valence-electron chi connectivity index (χ3n) is 6.25. The fraction of sp³-hybridized carbons (Fsp3) is 0.824. The molecule has 5 atom stereocenters. The lowest BCUT2D eigenvalue weighted by Crippen LogP contribution is -2.50. The number of fused-ring (bicyclic) bond motifs is 5. The van der Waals surface area contributed by atoms with Gasteiger partial charge in [0.15, 0.2) is 8.32 Å². The summed E-state index contributed by atoms with van der Waals surface area (Å²) in [5.41, 5.74) is 0. The molecule has 3 aliphatic rings. The van der Waals surface area contributed by atoms with Crippen LogP contribution in [0.3, 0.4) is 0 Å². The highest BCUT2D eigenvalue weighted by atomic mass is 28.4. The summed E-state index contributed by atoms with van der Waals surface area (Å²) in [6, 6.07) is 0. The van der Waals surface area contributed by atoms with Crippen molar-refractivity contribution >= 4 is 14.1 Å². The number of Topliss-reactive ketones (excluding diaryl/α,β-unsaturated/α-hetero) is 1. The van der Waals surface area contributed by atoms with Crippen molar-refractivity contribution in [2.24, 2.45) is 23.7 Å². The van der Waals surface area contributed by atoms with E-state index >= 15 is 0 Å². The summed E-state index contributed by atoms with van der Waals surface area (Å²) in [4.78, 5) is 12.3. The summed E-state index contributed by atoms with van der Waals surface area (Å²) in [6.45, 7) is 11.6. The number of carbonyl (C=O) groups excluding carboxylic acids is 1. The molecule has 112 valence electrons. The lowest BCUT2D eigenvalue weighted by Gasteiger charge is -2.45. The lowest BCUT2D eigenvalue weighted by atomic mass is 9.71. The van der Waals surface area contributed by atoms with E-state index in [0.717, 1.165) is 12.8 Å². The predicted molar refractivity (Wildman–Crippen MR) is 84.0 cm³/mol. The van der Waals surface area contributed by atoms with Crippen LogP contribution in [0.4, 0.5) is 0 Å². The Labute approximate surface area is 124 Å². The predicted octanol–water partition coefficient (Wildman–Crippen LogP) is 4.18. The molecule has 0 spiro atoms. The average molecular weight is 292 g/mol. The second-order valence-corrected chi connectivity index (χ2v) is 13.2. The van der Waals surface area contributed by atoms with Crippen LogP contribution < -0.4 is 0 Å². The van der Waals surface area contributed by atoms with Gasteiger partial charge in [0.25, 0.3) is 0 Å². The van der Waals surface area contributed by atoms with Gasteiger partial charge in [-0.1, -0.05) is 32.9 Å². The van der Waals surface area contributed by atoms with E-state index in [1.165, 1.54) is 6.42 Å². The molecular weight excluding hydrogens is 264 g/mol. The Morgan fingerprint density at radius 2 is 1.85 bits per heavy atom. The van der Waals surface area contributed by atoms with Crippen molar-refractivity contribution in [1.29, 1.82) is 0 Å². The van der Waals surface area contributed by atoms with Crippen molar-refractivity contribution in [3.8, 4) is 0 Å². The first-order chi connectivity index (χ1) is 9.21. The maximum Gasteiger partial charge on any atom is 0.192 e. The summed E-state index contributed by atoms with van der Waals surface area (Å²) in [7, 11) is -1.74. The van der Waals surface area contributed by atoms with Gasteiger partial charge in [0.2, 0.25) is 0 Å². The maximum atomic E-state index is 12.3. The highest BCUT2D eigenvalue weighted by Crippen LogP contribution is 2.54. The third kappa shape index (κ3) is 2.14. The molecule has 0 aromatic carbocycles. The van der Waals surface area contributed by atoms with E-state index in [-0.39, 0.29) is 11.0 Å². The van der Waals surface area contributed by atoms with Gasteiger partial charge in [0.05, 0.1) is 0 Å². The molecule has 0 saturated heterocycles. The fourth-order valence-electron chi connectivity index (χ4n) is 4.16. The molecule has 0 aromatic rings. The first-order valence-electron chi connectivity index (χ1n) is 8.09. The minimum Gasteiger partial charge on any atom is -0.414 e. The molecule has 2 bridgehead atoms. The Bertz CT molecular complexity index is 446. The third-order valence-corrected chi connectivity index (χ3v) is 10.8. The molecule has 20 heavy (non-hydrogen) atoms. The topological polar surface area (TPSA) is 26.3 Å². The first kappa shape index (κ1) is 14.5. The van der Waals surface area contributed by atoms with Crippen LogP contribution in [0.2, 0.25) is 18.1 Å². The van der Waals surface area contributed by atoms with E-state index in [1.807, 2.05) is 0 Å². The molecule has 3 rings (SSSR count). The molecule has 0 N–H and O–H groups in total. The van der Waals surface area contributed by atoms with Crippen LogP contribution in [0.5, 0.6) is 0 Å². The summed E-state index contributed by atoms with van der Waals surface area (Å²) in [6.07, 6.45) is 7.84.